The van der Waals surface area contributed by atoms with Crippen LogP contribution in [-0.2, 0) is 15.4 Å². The van der Waals surface area contributed by atoms with Crippen molar-refractivity contribution in [3.8, 4) is 16.9 Å². The molecule has 0 fully saturated rings. The number of phenols is 1. The van der Waals surface area contributed by atoms with Gasteiger partial charge in [-0.05, 0) is 59.5 Å². The molecule has 3 rings (SSSR count). The molecule has 3 aromatic rings. The van der Waals surface area contributed by atoms with E-state index in [4.69, 9.17) is 0 Å². The van der Waals surface area contributed by atoms with E-state index in [-0.39, 0.29) is 16.7 Å². The van der Waals surface area contributed by atoms with Crippen molar-refractivity contribution in [3.05, 3.63) is 76.0 Å². The van der Waals surface area contributed by atoms with Crippen LogP contribution in [0.1, 0.15) is 37.6 Å². The molecule has 0 unspecified atom stereocenters. The zero-order chi connectivity index (χ0) is 22.8. The van der Waals surface area contributed by atoms with Gasteiger partial charge in [-0.25, -0.2) is 8.42 Å². The highest BCUT2D eigenvalue weighted by Crippen LogP contribution is 2.36. The highest BCUT2D eigenvalue weighted by molar-refractivity contribution is 7.92. The molecule has 0 aliphatic heterocycles. The van der Waals surface area contributed by atoms with Crippen molar-refractivity contribution in [3.63, 3.8) is 0 Å². The molecule has 31 heavy (non-hydrogen) atoms. The van der Waals surface area contributed by atoms with E-state index >= 15 is 0 Å². The molecular weight excluding hydrogens is 414 g/mol. The van der Waals surface area contributed by atoms with Gasteiger partial charge in [-0.2, -0.15) is 0 Å². The number of benzene rings is 1. The molecule has 162 valence electrons. The molecule has 2 heterocycles. The second-order valence-electron chi connectivity index (χ2n) is 8.30. The Balaban J connectivity index is 2.03. The molecule has 1 aromatic carbocycles. The van der Waals surface area contributed by atoms with E-state index in [0.717, 1.165) is 11.8 Å². The summed E-state index contributed by atoms with van der Waals surface area (Å²) in [6.45, 7) is 6.17. The maximum absolute atomic E-state index is 12.3. The van der Waals surface area contributed by atoms with Crippen molar-refractivity contribution in [2.75, 3.05) is 11.0 Å². The van der Waals surface area contributed by atoms with E-state index in [1.54, 1.807) is 42.6 Å². The van der Waals surface area contributed by atoms with Gasteiger partial charge in [-0.1, -0.05) is 20.8 Å². The number of hydrogen-bond acceptors (Lipinski definition) is 5. The number of aromatic hydroxyl groups is 1. The molecular formula is C23H25N3O4S. The molecule has 0 spiro atoms. The zero-order valence-electron chi connectivity index (χ0n) is 17.8. The van der Waals surface area contributed by atoms with Crippen molar-refractivity contribution < 1.29 is 13.5 Å². The number of aromatic amines is 1. The summed E-state index contributed by atoms with van der Waals surface area (Å²) in [7, 11) is -3.37. The van der Waals surface area contributed by atoms with Crippen LogP contribution < -0.4 is 10.3 Å². The van der Waals surface area contributed by atoms with E-state index in [2.05, 4.69) is 35.5 Å². The lowest BCUT2D eigenvalue weighted by atomic mass is 9.83. The third-order valence-electron chi connectivity index (χ3n) is 4.64. The summed E-state index contributed by atoms with van der Waals surface area (Å²) in [5, 5.41) is 10.9. The number of rotatable bonds is 5. The van der Waals surface area contributed by atoms with Gasteiger partial charge in [-0.15, -0.1) is 0 Å². The Morgan fingerprint density at radius 2 is 1.84 bits per heavy atom. The second-order valence-corrected chi connectivity index (χ2v) is 10.1. The quantitative estimate of drug-likeness (QED) is 0.557. The average Bonchev–Trinajstić information content (AvgIpc) is 2.67. The predicted molar refractivity (Wildman–Crippen MR) is 124 cm³/mol. The molecule has 0 aliphatic rings. The largest absolute Gasteiger partial charge is 0.507 e. The van der Waals surface area contributed by atoms with Gasteiger partial charge in [0.15, 0.2) is 0 Å². The van der Waals surface area contributed by atoms with Crippen LogP contribution in [-0.4, -0.2) is 29.7 Å². The first-order chi connectivity index (χ1) is 14.4. The minimum atomic E-state index is -3.37. The number of nitrogens with one attached hydrogen (secondary N) is 2. The molecule has 7 nitrogen and oxygen atoms in total. The Morgan fingerprint density at radius 1 is 1.10 bits per heavy atom. The molecule has 0 amide bonds. The molecule has 0 radical (unpaired) electrons. The van der Waals surface area contributed by atoms with Crippen LogP contribution in [0.15, 0.2) is 53.6 Å². The molecule has 0 aliphatic carbocycles. The van der Waals surface area contributed by atoms with Crippen LogP contribution in [0.4, 0.5) is 5.69 Å². The van der Waals surface area contributed by atoms with E-state index in [9.17, 15) is 18.3 Å². The fourth-order valence-corrected chi connectivity index (χ4v) is 3.56. The van der Waals surface area contributed by atoms with Crippen molar-refractivity contribution in [1.82, 2.24) is 9.97 Å². The summed E-state index contributed by atoms with van der Waals surface area (Å²) in [5.41, 5.74) is 2.80. The third kappa shape index (κ3) is 5.61. The third-order valence-corrected chi connectivity index (χ3v) is 5.24. The van der Waals surface area contributed by atoms with Crippen molar-refractivity contribution in [2.24, 2.45) is 0 Å². The molecule has 2 aromatic heterocycles. The van der Waals surface area contributed by atoms with Gasteiger partial charge >= 0.3 is 0 Å². The summed E-state index contributed by atoms with van der Waals surface area (Å²) < 4.78 is 25.0. The first kappa shape index (κ1) is 22.3. The molecule has 0 bridgehead atoms. The number of aromatic nitrogens is 2. The molecule has 0 saturated carbocycles. The van der Waals surface area contributed by atoms with Crippen LogP contribution in [0.2, 0.25) is 0 Å². The fraction of sp³-hybridized carbons (Fsp3) is 0.217. The predicted octanol–water partition coefficient (Wildman–Crippen LogP) is 3.98. The van der Waals surface area contributed by atoms with Gasteiger partial charge in [0.25, 0.3) is 5.56 Å². The van der Waals surface area contributed by atoms with Crippen LogP contribution in [0.3, 0.4) is 0 Å². The van der Waals surface area contributed by atoms with Gasteiger partial charge in [0.05, 0.1) is 29.4 Å². The molecule has 0 atom stereocenters. The number of sulfonamides is 1. The number of pyridine rings is 2. The first-order valence-corrected chi connectivity index (χ1v) is 11.5. The average molecular weight is 440 g/mol. The Labute approximate surface area is 181 Å². The van der Waals surface area contributed by atoms with Crippen molar-refractivity contribution in [1.29, 1.82) is 0 Å². The van der Waals surface area contributed by atoms with Gasteiger partial charge < -0.3 is 10.1 Å². The fourth-order valence-electron chi connectivity index (χ4n) is 3.01. The minimum Gasteiger partial charge on any atom is -0.507 e. The maximum atomic E-state index is 12.3. The highest BCUT2D eigenvalue weighted by Gasteiger charge is 2.20. The first-order valence-electron chi connectivity index (χ1n) is 9.61. The molecule has 3 N–H and O–H groups in total. The lowest BCUT2D eigenvalue weighted by molar-refractivity contribution is 0.474. The van der Waals surface area contributed by atoms with E-state index in [1.807, 2.05) is 12.1 Å². The zero-order valence-corrected chi connectivity index (χ0v) is 18.6. The molecule has 8 heteroatoms. The number of nitrogens with zero attached hydrogens (tertiary/aromatic N) is 1. The monoisotopic (exact) mass is 439 g/mol. The van der Waals surface area contributed by atoms with Crippen LogP contribution in [0, 0.1) is 0 Å². The number of phenolic OH excluding ortho intramolecular Hbond substituents is 1. The van der Waals surface area contributed by atoms with Gasteiger partial charge in [0.2, 0.25) is 10.0 Å². The topological polar surface area (TPSA) is 112 Å². The van der Waals surface area contributed by atoms with Gasteiger partial charge in [0, 0.05) is 17.3 Å². The standard InChI is InChI=1S/C23H25N3O4S/c1-23(2,3)16-12-15(21(27)20(13-16)19-6-5-11-24-22(19)28)7-8-17-9-10-18(14-25-17)26-31(4,29)30/h5-14,26-27H,1-4H3,(H,24,28). The van der Waals surface area contributed by atoms with Gasteiger partial charge in [-0.3, -0.25) is 14.5 Å². The highest BCUT2D eigenvalue weighted by atomic mass is 32.2. The lowest BCUT2D eigenvalue weighted by Gasteiger charge is -2.22. The smallest absolute Gasteiger partial charge is 0.255 e. The Kier molecular flexibility index (Phi) is 6.03. The lowest BCUT2D eigenvalue weighted by Crippen LogP contribution is -2.13. The van der Waals surface area contributed by atoms with Crippen molar-refractivity contribution in [2.45, 2.75) is 26.2 Å². The SMILES string of the molecule is CC(C)(C)c1cc(C=Cc2ccc(NS(C)(=O)=O)cn2)c(O)c(-c2ccc[nH]c2=O)c1. The summed E-state index contributed by atoms with van der Waals surface area (Å²) in [5.74, 6) is -0.00341. The Morgan fingerprint density at radius 3 is 2.42 bits per heavy atom. The maximum Gasteiger partial charge on any atom is 0.255 e. The molecule has 0 saturated heterocycles. The minimum absolute atomic E-state index is 0.00341. The number of anilines is 1. The van der Waals surface area contributed by atoms with Crippen molar-refractivity contribution >= 4 is 27.9 Å². The summed E-state index contributed by atoms with van der Waals surface area (Å²) in [6, 6.07) is 10.4. The Hall–Kier alpha value is -3.39. The summed E-state index contributed by atoms with van der Waals surface area (Å²) in [6.07, 6.45) is 7.47. The number of hydrogen-bond donors (Lipinski definition) is 3. The van der Waals surface area contributed by atoms with Gasteiger partial charge in [0.1, 0.15) is 5.75 Å². The van der Waals surface area contributed by atoms with Crippen LogP contribution >= 0.6 is 0 Å². The summed E-state index contributed by atoms with van der Waals surface area (Å²) in [4.78, 5) is 19.2. The second kappa shape index (κ2) is 8.39. The van der Waals surface area contributed by atoms with E-state index in [1.165, 1.54) is 6.20 Å². The van der Waals surface area contributed by atoms with Crippen LogP contribution in [0.5, 0.6) is 5.75 Å². The van der Waals surface area contributed by atoms with E-state index < -0.39 is 10.0 Å². The van der Waals surface area contributed by atoms with Crippen LogP contribution in [0.25, 0.3) is 23.3 Å². The van der Waals surface area contributed by atoms with E-state index in [0.29, 0.717) is 28.1 Å². The Bertz CT molecular complexity index is 1290. The normalized spacial score (nSPS) is 12.3. The number of H-pyrrole nitrogens is 1. The summed E-state index contributed by atoms with van der Waals surface area (Å²) >= 11 is 0.